The Bertz CT molecular complexity index is 826. The Morgan fingerprint density at radius 3 is 2.74 bits per heavy atom. The summed E-state index contributed by atoms with van der Waals surface area (Å²) in [5.74, 6) is 1.34. The van der Waals surface area contributed by atoms with E-state index in [4.69, 9.17) is 4.84 Å². The summed E-state index contributed by atoms with van der Waals surface area (Å²) in [6.07, 6.45) is 26.4. The van der Waals surface area contributed by atoms with Crippen molar-refractivity contribution in [3.05, 3.63) is 59.8 Å². The maximum atomic E-state index is 5.41. The fourth-order valence-electron chi connectivity index (χ4n) is 6.56. The van der Waals surface area contributed by atoms with Gasteiger partial charge in [-0.1, -0.05) is 86.5 Å². The van der Waals surface area contributed by atoms with Crippen LogP contribution in [0.1, 0.15) is 111 Å². The predicted molar refractivity (Wildman–Crippen MR) is 148 cm³/mol. The van der Waals surface area contributed by atoms with Crippen molar-refractivity contribution in [2.24, 2.45) is 22.4 Å². The van der Waals surface area contributed by atoms with Crippen molar-refractivity contribution < 1.29 is 4.84 Å². The molecule has 3 atom stereocenters. The van der Waals surface area contributed by atoms with Crippen LogP contribution in [0.2, 0.25) is 0 Å². The third-order valence-electron chi connectivity index (χ3n) is 8.58. The van der Waals surface area contributed by atoms with Gasteiger partial charge in [-0.2, -0.15) is 0 Å². The third kappa shape index (κ3) is 6.86. The summed E-state index contributed by atoms with van der Waals surface area (Å²) in [5.41, 5.74) is 7.86. The molecule has 2 saturated carbocycles. The monoisotopic (exact) mass is 463 g/mol. The molecule has 0 aromatic carbocycles. The lowest BCUT2D eigenvalue weighted by Crippen LogP contribution is -2.32. The number of unbranched alkanes of at least 4 members (excludes halogenated alkanes) is 1. The first-order chi connectivity index (χ1) is 16.5. The summed E-state index contributed by atoms with van der Waals surface area (Å²) in [6, 6.07) is 0. The number of oxime groups is 1. The summed E-state index contributed by atoms with van der Waals surface area (Å²) >= 11 is 0. The Hall–Kier alpha value is -1.83. The van der Waals surface area contributed by atoms with Crippen molar-refractivity contribution in [1.82, 2.24) is 0 Å². The van der Waals surface area contributed by atoms with Gasteiger partial charge in [-0.3, -0.25) is 0 Å². The van der Waals surface area contributed by atoms with Gasteiger partial charge >= 0.3 is 0 Å². The smallest absolute Gasteiger partial charge is 0.135 e. The normalized spacial score (nSPS) is 28.7. The molecule has 3 rings (SSSR count). The third-order valence-corrected chi connectivity index (χ3v) is 8.58. The van der Waals surface area contributed by atoms with Crippen LogP contribution in [-0.4, -0.2) is 12.3 Å². The van der Waals surface area contributed by atoms with Gasteiger partial charge < -0.3 is 4.84 Å². The number of fused-ring (bicyclic) bond motifs is 1. The molecule has 0 heterocycles. The van der Waals surface area contributed by atoms with Crippen LogP contribution >= 0.6 is 0 Å². The SMILES string of the molecule is C=CCO/N=C(/CCCC)CCCC(C)C1=CCC2/C(=C/C=C3/CCCCC3=C)CCC[C@]12C. The zero-order chi connectivity index (χ0) is 24.4. The number of allylic oxidation sites excluding steroid dienone is 7. The zero-order valence-electron chi connectivity index (χ0n) is 22.3. The molecule has 0 spiro atoms. The Balaban J connectivity index is 1.59. The highest BCUT2D eigenvalue weighted by Gasteiger charge is 2.45. The largest absolute Gasteiger partial charge is 0.392 e. The van der Waals surface area contributed by atoms with Crippen LogP contribution in [0.15, 0.2) is 64.9 Å². The second kappa shape index (κ2) is 13.3. The molecule has 3 aliphatic carbocycles. The Kier molecular flexibility index (Phi) is 10.5. The average Bonchev–Trinajstić information content (AvgIpc) is 3.19. The maximum Gasteiger partial charge on any atom is 0.135 e. The van der Waals surface area contributed by atoms with Gasteiger partial charge in [-0.05, 0) is 106 Å². The summed E-state index contributed by atoms with van der Waals surface area (Å²) < 4.78 is 0. The van der Waals surface area contributed by atoms with E-state index in [1.165, 1.54) is 93.9 Å². The van der Waals surface area contributed by atoms with E-state index in [0.717, 1.165) is 12.8 Å². The van der Waals surface area contributed by atoms with Crippen LogP contribution in [0.5, 0.6) is 0 Å². The van der Waals surface area contributed by atoms with Gasteiger partial charge in [0.15, 0.2) is 0 Å². The van der Waals surface area contributed by atoms with E-state index in [1.54, 1.807) is 17.2 Å². The summed E-state index contributed by atoms with van der Waals surface area (Å²) in [6.45, 7) is 15.8. The number of hydrogen-bond donors (Lipinski definition) is 0. The lowest BCUT2D eigenvalue weighted by atomic mass is 9.62. The van der Waals surface area contributed by atoms with Crippen LogP contribution in [0.25, 0.3) is 0 Å². The van der Waals surface area contributed by atoms with Gasteiger partial charge in [-0.15, -0.1) is 0 Å². The number of hydrogen-bond acceptors (Lipinski definition) is 2. The van der Waals surface area contributed by atoms with Crippen molar-refractivity contribution in [3.8, 4) is 0 Å². The van der Waals surface area contributed by atoms with Crippen LogP contribution < -0.4 is 0 Å². The molecule has 2 unspecified atom stereocenters. The van der Waals surface area contributed by atoms with Crippen LogP contribution in [-0.2, 0) is 4.84 Å². The first-order valence-corrected chi connectivity index (χ1v) is 14.1. The molecule has 3 aliphatic rings. The fourth-order valence-corrected chi connectivity index (χ4v) is 6.56. The predicted octanol–water partition coefficient (Wildman–Crippen LogP) is 9.66. The molecule has 0 N–H and O–H groups in total. The highest BCUT2D eigenvalue weighted by atomic mass is 16.6. The van der Waals surface area contributed by atoms with E-state index in [2.05, 4.69) is 57.3 Å². The molecule has 2 heteroatoms. The number of nitrogens with zero attached hydrogens (tertiary/aromatic N) is 1. The molecule has 0 aromatic heterocycles. The standard InChI is InChI=1S/C32H49NO/c1-6-8-17-29(33-34-24-7-2)18-11-14-26(4)30-21-22-31-28(16-12-23-32(30,31)5)20-19-27-15-10-9-13-25(27)3/h7,19-21,26,31H,2-3,6,8-18,22-24H2,1,4-5H3/b27-19-,28-20+,33-29-/t26?,31?,32-/m1/s1. The molecular formula is C32H49NO. The van der Waals surface area contributed by atoms with E-state index in [1.807, 2.05) is 0 Å². The van der Waals surface area contributed by atoms with Crippen molar-refractivity contribution in [2.45, 2.75) is 111 Å². The Morgan fingerprint density at radius 2 is 1.97 bits per heavy atom. The minimum atomic E-state index is 0.345. The summed E-state index contributed by atoms with van der Waals surface area (Å²) in [4.78, 5) is 5.41. The molecule has 0 radical (unpaired) electrons. The molecule has 188 valence electrons. The number of rotatable bonds is 12. The van der Waals surface area contributed by atoms with Gasteiger partial charge in [0.2, 0.25) is 0 Å². The van der Waals surface area contributed by atoms with E-state index in [0.29, 0.717) is 23.9 Å². The molecule has 0 bridgehead atoms. The molecule has 0 aromatic rings. The average molecular weight is 464 g/mol. The second-order valence-corrected chi connectivity index (χ2v) is 11.1. The second-order valence-electron chi connectivity index (χ2n) is 11.1. The van der Waals surface area contributed by atoms with E-state index >= 15 is 0 Å². The van der Waals surface area contributed by atoms with E-state index in [9.17, 15) is 0 Å². The molecular weight excluding hydrogens is 414 g/mol. The van der Waals surface area contributed by atoms with Gasteiger partial charge in [0.25, 0.3) is 0 Å². The van der Waals surface area contributed by atoms with Gasteiger partial charge in [0.1, 0.15) is 6.61 Å². The molecule has 0 amide bonds. The fraction of sp³-hybridized carbons (Fsp3) is 0.656. The quantitative estimate of drug-likeness (QED) is 0.122. The van der Waals surface area contributed by atoms with Gasteiger partial charge in [0.05, 0.1) is 5.71 Å². The maximum absolute atomic E-state index is 5.41. The van der Waals surface area contributed by atoms with Crippen molar-refractivity contribution >= 4 is 5.71 Å². The van der Waals surface area contributed by atoms with Gasteiger partial charge in [-0.25, -0.2) is 0 Å². The van der Waals surface area contributed by atoms with E-state index < -0.39 is 0 Å². The highest BCUT2D eigenvalue weighted by Crippen LogP contribution is 2.57. The topological polar surface area (TPSA) is 21.6 Å². The minimum Gasteiger partial charge on any atom is -0.392 e. The van der Waals surface area contributed by atoms with Crippen molar-refractivity contribution in [2.75, 3.05) is 6.61 Å². The van der Waals surface area contributed by atoms with Crippen LogP contribution in [0.3, 0.4) is 0 Å². The summed E-state index contributed by atoms with van der Waals surface area (Å²) in [7, 11) is 0. The minimum absolute atomic E-state index is 0.345. The molecule has 2 nitrogen and oxygen atoms in total. The highest BCUT2D eigenvalue weighted by molar-refractivity contribution is 5.83. The zero-order valence-corrected chi connectivity index (χ0v) is 22.3. The summed E-state index contributed by atoms with van der Waals surface area (Å²) in [5, 5.41) is 4.41. The van der Waals surface area contributed by atoms with Crippen LogP contribution in [0, 0.1) is 17.3 Å². The molecule has 2 fully saturated rings. The lowest BCUT2D eigenvalue weighted by molar-refractivity contribution is 0.173. The van der Waals surface area contributed by atoms with Crippen molar-refractivity contribution in [3.63, 3.8) is 0 Å². The first kappa shape index (κ1) is 26.8. The lowest BCUT2D eigenvalue weighted by Gasteiger charge is -2.42. The first-order valence-electron chi connectivity index (χ1n) is 14.1. The Morgan fingerprint density at radius 1 is 1.18 bits per heavy atom. The van der Waals surface area contributed by atoms with E-state index in [-0.39, 0.29) is 0 Å². The molecule has 34 heavy (non-hydrogen) atoms. The van der Waals surface area contributed by atoms with Crippen LogP contribution in [0.4, 0.5) is 0 Å². The molecule has 0 saturated heterocycles. The van der Waals surface area contributed by atoms with Gasteiger partial charge in [0, 0.05) is 0 Å². The van der Waals surface area contributed by atoms with Crippen molar-refractivity contribution in [1.29, 1.82) is 0 Å². The molecule has 0 aliphatic heterocycles. The Labute approximate surface area is 210 Å².